The summed E-state index contributed by atoms with van der Waals surface area (Å²) in [6.07, 6.45) is -0.0894. The molecule has 4 N–H and O–H groups in total. The third-order valence-corrected chi connectivity index (χ3v) is 9.93. The number of carbonyl (C=O) groups is 4. The van der Waals surface area contributed by atoms with Gasteiger partial charge in [0.15, 0.2) is 0 Å². The van der Waals surface area contributed by atoms with Crippen molar-refractivity contribution in [1.29, 1.82) is 0 Å². The van der Waals surface area contributed by atoms with Crippen molar-refractivity contribution >= 4 is 40.6 Å². The van der Waals surface area contributed by atoms with Gasteiger partial charge in [-0.05, 0) is 94.8 Å². The van der Waals surface area contributed by atoms with E-state index in [1.165, 1.54) is 0 Å². The van der Waals surface area contributed by atoms with Crippen molar-refractivity contribution in [2.45, 2.75) is 93.6 Å². The Morgan fingerprint density at radius 3 is 2.15 bits per heavy atom. The number of alkyl carbamates (subject to hydrolysis) is 1. The van der Waals surface area contributed by atoms with E-state index < -0.39 is 35.6 Å². The molecule has 0 radical (unpaired) electrons. The molecule has 0 spiro atoms. The number of anilines is 1. The minimum Gasteiger partial charge on any atom is -0.460 e. The molecule has 59 heavy (non-hydrogen) atoms. The van der Waals surface area contributed by atoms with Gasteiger partial charge in [0, 0.05) is 40.4 Å². The Balaban J connectivity index is 1.26. The molecule has 2 atom stereocenters. The number of carbonyl (C=O) groups excluding carboxylic acids is 4. The van der Waals surface area contributed by atoms with Crippen LogP contribution in [0.2, 0.25) is 0 Å². The van der Waals surface area contributed by atoms with E-state index in [-0.39, 0.29) is 25.7 Å². The van der Waals surface area contributed by atoms with E-state index in [9.17, 15) is 19.2 Å². The maximum Gasteiger partial charge on any atom is 0.408 e. The number of benzene rings is 4. The summed E-state index contributed by atoms with van der Waals surface area (Å²) in [5.74, 6) is -1.12. The zero-order valence-corrected chi connectivity index (χ0v) is 35.6. The summed E-state index contributed by atoms with van der Waals surface area (Å²) in [5.41, 5.74) is 7.46. The molecule has 2 aliphatic rings. The highest BCUT2D eigenvalue weighted by Crippen LogP contribution is 2.43. The fourth-order valence-electron chi connectivity index (χ4n) is 6.71. The van der Waals surface area contributed by atoms with Crippen LogP contribution in [0.4, 0.5) is 10.5 Å². The van der Waals surface area contributed by atoms with E-state index in [0.29, 0.717) is 28.9 Å². The second-order valence-corrected chi connectivity index (χ2v) is 15.7. The van der Waals surface area contributed by atoms with Gasteiger partial charge in [-0.3, -0.25) is 9.59 Å². The number of esters is 2. The monoisotopic (exact) mass is 805 g/mol. The Hall–Kier alpha value is -6.17. The summed E-state index contributed by atoms with van der Waals surface area (Å²) in [4.78, 5) is 55.1. The van der Waals surface area contributed by atoms with Crippen LogP contribution < -0.4 is 26.3 Å². The molecule has 0 saturated carbocycles. The van der Waals surface area contributed by atoms with Gasteiger partial charge in [-0.25, -0.2) is 14.6 Å². The first-order valence-corrected chi connectivity index (χ1v) is 20.2. The normalized spacial score (nSPS) is 12.8. The summed E-state index contributed by atoms with van der Waals surface area (Å²) in [6.45, 7) is 18.3. The number of rotatable bonds is 15. The molecule has 1 heterocycles. The van der Waals surface area contributed by atoms with Crippen LogP contribution in [0.3, 0.4) is 0 Å². The van der Waals surface area contributed by atoms with E-state index in [1.807, 2.05) is 44.2 Å². The first-order valence-electron chi connectivity index (χ1n) is 20.2. The predicted molar refractivity (Wildman–Crippen MR) is 228 cm³/mol. The van der Waals surface area contributed by atoms with Gasteiger partial charge < -0.3 is 34.6 Å². The summed E-state index contributed by atoms with van der Waals surface area (Å²) in [7, 11) is 0. The Morgan fingerprint density at radius 2 is 1.51 bits per heavy atom. The molecule has 0 aromatic heterocycles. The van der Waals surface area contributed by atoms with E-state index in [1.54, 1.807) is 51.1 Å². The molecular weight excluding hydrogens is 749 g/mol. The van der Waals surface area contributed by atoms with Gasteiger partial charge >= 0.3 is 18.0 Å². The summed E-state index contributed by atoms with van der Waals surface area (Å²) >= 11 is 0. The SMILES string of the molecule is CCNc1cc2oc3cc(=[NH+]CC)c(C)cc-3c(-c3ccccc3C(=O)OCc3ccc(COC(=O)CNC(=O)[C@@H](NC(=O)OC(C)(C)C)[C@@H](C)CC)cc3)c2cc1C. The van der Waals surface area contributed by atoms with Gasteiger partial charge in [0.05, 0.1) is 11.6 Å². The topological polar surface area (TPSA) is 159 Å². The molecule has 12 nitrogen and oxygen atoms in total. The Labute approximate surface area is 346 Å². The van der Waals surface area contributed by atoms with Gasteiger partial charge in [-0.1, -0.05) is 62.7 Å². The average molecular weight is 806 g/mol. The highest BCUT2D eigenvalue weighted by atomic mass is 16.6. The van der Waals surface area contributed by atoms with Gasteiger partial charge in [-0.15, -0.1) is 0 Å². The number of nitrogens with one attached hydrogen (secondary N) is 4. The van der Waals surface area contributed by atoms with Gasteiger partial charge in [0.1, 0.15) is 49.3 Å². The third kappa shape index (κ3) is 11.3. The molecule has 12 heteroatoms. The first kappa shape index (κ1) is 43.9. The predicted octanol–water partition coefficient (Wildman–Crippen LogP) is 6.71. The lowest BCUT2D eigenvalue weighted by Crippen LogP contribution is -2.76. The molecule has 0 bridgehead atoms. The second kappa shape index (κ2) is 19.5. The van der Waals surface area contributed by atoms with E-state index in [4.69, 9.17) is 18.6 Å². The first-order chi connectivity index (χ1) is 28.1. The molecule has 3 aromatic carbocycles. The molecule has 3 aromatic rings. The summed E-state index contributed by atoms with van der Waals surface area (Å²) in [6, 6.07) is 22.0. The van der Waals surface area contributed by atoms with Gasteiger partial charge in [0.25, 0.3) is 0 Å². The van der Waals surface area contributed by atoms with Crippen LogP contribution in [0.15, 0.2) is 77.2 Å². The number of hydrogen-bond donors (Lipinski definition) is 4. The molecule has 0 unspecified atom stereocenters. The lowest BCUT2D eigenvalue weighted by Gasteiger charge is -2.26. The number of fused-ring (bicyclic) bond motifs is 2. The summed E-state index contributed by atoms with van der Waals surface area (Å²) in [5, 5.41) is 10.5. The second-order valence-electron chi connectivity index (χ2n) is 15.7. The largest absolute Gasteiger partial charge is 0.460 e. The van der Waals surface area contributed by atoms with Crippen LogP contribution >= 0.6 is 0 Å². The third-order valence-electron chi connectivity index (χ3n) is 9.93. The molecule has 312 valence electrons. The van der Waals surface area contributed by atoms with Crippen molar-refractivity contribution < 1.29 is 42.8 Å². The number of aryl methyl sites for hydroxylation is 2. The van der Waals surface area contributed by atoms with Crippen LogP contribution in [-0.4, -0.2) is 55.2 Å². The number of hydrogen-bond acceptors (Lipinski definition) is 9. The van der Waals surface area contributed by atoms with E-state index in [0.717, 1.165) is 62.9 Å². The standard InChI is InChI=1S/C47H56N4O8/c1-10-28(4)43(51-46(55)59-47(7,8)9)44(53)50-25-41(52)56-26-31-17-19-32(20-18-31)27-57-45(54)34-16-14-13-15-33(34)42-35-21-29(5)37(48-11-2)23-39(35)58-40-24-38(49-12-3)30(6)22-36(40)42/h13-24,28,43,48H,10-12,25-27H2,1-9H3,(H,50,53)(H,51,55)/p+1/t28-,43-/m0/s1. The molecule has 0 fully saturated rings. The molecule has 1 aliphatic carbocycles. The van der Waals surface area contributed by atoms with Crippen LogP contribution in [0.1, 0.15) is 87.5 Å². The zero-order valence-electron chi connectivity index (χ0n) is 35.6. The molecule has 5 rings (SSSR count). The van der Waals surface area contributed by atoms with Crippen molar-refractivity contribution in [1.82, 2.24) is 10.6 Å². The maximum atomic E-state index is 13.9. The van der Waals surface area contributed by atoms with Crippen LogP contribution in [0.25, 0.3) is 33.4 Å². The minimum atomic E-state index is -0.881. The Kier molecular flexibility index (Phi) is 14.5. The van der Waals surface area contributed by atoms with Crippen LogP contribution in [-0.2, 0) is 37.0 Å². The number of amides is 2. The van der Waals surface area contributed by atoms with Crippen LogP contribution in [0, 0.1) is 19.8 Å². The van der Waals surface area contributed by atoms with Crippen molar-refractivity contribution in [2.75, 3.05) is 25.0 Å². The van der Waals surface area contributed by atoms with Crippen molar-refractivity contribution in [3.63, 3.8) is 0 Å². The fourth-order valence-corrected chi connectivity index (χ4v) is 6.71. The average Bonchev–Trinajstić information content (AvgIpc) is 3.20. The number of ether oxygens (including phenoxy) is 3. The Bertz CT molecular complexity index is 2340. The quantitative estimate of drug-likeness (QED) is 0.0513. The van der Waals surface area contributed by atoms with Gasteiger partial charge in [0.2, 0.25) is 11.3 Å². The van der Waals surface area contributed by atoms with E-state index >= 15 is 0 Å². The Morgan fingerprint density at radius 1 is 0.831 bits per heavy atom. The zero-order chi connectivity index (χ0) is 42.9. The van der Waals surface area contributed by atoms with E-state index in [2.05, 4.69) is 60.8 Å². The van der Waals surface area contributed by atoms with Crippen molar-refractivity contribution in [3.05, 3.63) is 106 Å². The molecule has 1 aliphatic heterocycles. The van der Waals surface area contributed by atoms with Crippen molar-refractivity contribution in [2.24, 2.45) is 5.92 Å². The smallest absolute Gasteiger partial charge is 0.408 e. The molecule has 0 saturated heterocycles. The van der Waals surface area contributed by atoms with Gasteiger partial charge in [-0.2, -0.15) is 0 Å². The highest BCUT2D eigenvalue weighted by Gasteiger charge is 2.29. The molecular formula is C47H57N4O8+. The maximum absolute atomic E-state index is 13.9. The van der Waals surface area contributed by atoms with Crippen molar-refractivity contribution in [3.8, 4) is 22.5 Å². The lowest BCUT2D eigenvalue weighted by atomic mass is 9.89. The summed E-state index contributed by atoms with van der Waals surface area (Å²) < 4.78 is 23.1. The van der Waals surface area contributed by atoms with Crippen LogP contribution in [0.5, 0.6) is 0 Å². The molecule has 2 amide bonds. The minimum absolute atomic E-state index is 0.0237. The fraction of sp³-hybridized carbons (Fsp3) is 0.383. The highest BCUT2D eigenvalue weighted by molar-refractivity contribution is 6.08. The lowest BCUT2D eigenvalue weighted by molar-refractivity contribution is -0.496.